The van der Waals surface area contributed by atoms with Crippen molar-refractivity contribution in [1.29, 1.82) is 0 Å². The number of anilines is 1. The summed E-state index contributed by atoms with van der Waals surface area (Å²) in [5.74, 6) is 3.36. The summed E-state index contributed by atoms with van der Waals surface area (Å²) < 4.78 is 0. The fourth-order valence-electron chi connectivity index (χ4n) is 2.30. The van der Waals surface area contributed by atoms with Gasteiger partial charge < -0.3 is 16.0 Å². The maximum Gasteiger partial charge on any atom is 0.246 e. The number of rotatable bonds is 7. The molecule has 2 aromatic rings. The van der Waals surface area contributed by atoms with E-state index in [9.17, 15) is 4.79 Å². The van der Waals surface area contributed by atoms with Gasteiger partial charge in [0.2, 0.25) is 5.91 Å². The van der Waals surface area contributed by atoms with Gasteiger partial charge in [-0.3, -0.25) is 4.79 Å². The minimum absolute atomic E-state index is 0. The quantitative estimate of drug-likeness (QED) is 0.237. The second kappa shape index (κ2) is 12.4. The van der Waals surface area contributed by atoms with Gasteiger partial charge in [-0.2, -0.15) is 0 Å². The molecule has 0 aliphatic rings. The van der Waals surface area contributed by atoms with Gasteiger partial charge in [0.05, 0.1) is 0 Å². The summed E-state index contributed by atoms with van der Waals surface area (Å²) in [6.07, 6.45) is 5.37. The smallest absolute Gasteiger partial charge is 0.246 e. The second-order valence-electron chi connectivity index (χ2n) is 5.77. The number of thiophene rings is 1. The number of carbonyl (C=O) groups is 1. The summed E-state index contributed by atoms with van der Waals surface area (Å²) in [4.78, 5) is 17.8. The Balaban J connectivity index is 0.00000364. The normalized spacial score (nSPS) is 11.7. The number of hydrogen-bond donors (Lipinski definition) is 3. The van der Waals surface area contributed by atoms with Crippen molar-refractivity contribution in [3.8, 4) is 12.3 Å². The van der Waals surface area contributed by atoms with Crippen LogP contribution in [0.5, 0.6) is 0 Å². The lowest BCUT2D eigenvalue weighted by Crippen LogP contribution is -2.39. The summed E-state index contributed by atoms with van der Waals surface area (Å²) in [6, 6.07) is 11.4. The molecule has 1 heterocycles. The van der Waals surface area contributed by atoms with E-state index in [1.807, 2.05) is 19.1 Å². The molecule has 7 heteroatoms. The highest BCUT2D eigenvalue weighted by Crippen LogP contribution is 2.19. The van der Waals surface area contributed by atoms with Crippen molar-refractivity contribution in [2.45, 2.75) is 19.8 Å². The average molecular weight is 496 g/mol. The monoisotopic (exact) mass is 496 g/mol. The number of nitrogens with one attached hydrogen (secondary N) is 3. The molecule has 1 amide bonds. The van der Waals surface area contributed by atoms with Crippen molar-refractivity contribution in [2.75, 3.05) is 25.0 Å². The van der Waals surface area contributed by atoms with Crippen molar-refractivity contribution >= 4 is 52.9 Å². The highest BCUT2D eigenvalue weighted by atomic mass is 127. The summed E-state index contributed by atoms with van der Waals surface area (Å²) in [7, 11) is 0. The van der Waals surface area contributed by atoms with Gasteiger partial charge in [-0.1, -0.05) is 25.0 Å². The molecule has 0 saturated heterocycles. The van der Waals surface area contributed by atoms with Crippen molar-refractivity contribution in [3.05, 3.63) is 52.2 Å². The van der Waals surface area contributed by atoms with E-state index in [1.165, 1.54) is 4.88 Å². The molecule has 0 radical (unpaired) electrons. The second-order valence-corrected chi connectivity index (χ2v) is 6.75. The molecule has 0 bridgehead atoms. The van der Waals surface area contributed by atoms with Crippen LogP contribution in [-0.4, -0.2) is 31.5 Å². The van der Waals surface area contributed by atoms with E-state index in [2.05, 4.69) is 51.3 Å². The van der Waals surface area contributed by atoms with Gasteiger partial charge in [0.25, 0.3) is 0 Å². The highest BCUT2D eigenvalue weighted by molar-refractivity contribution is 14.0. The van der Waals surface area contributed by atoms with E-state index in [-0.39, 0.29) is 36.4 Å². The van der Waals surface area contributed by atoms with Crippen molar-refractivity contribution in [2.24, 2.45) is 4.99 Å². The zero-order chi connectivity index (χ0) is 18.8. The third-order valence-corrected chi connectivity index (χ3v) is 4.75. The number of aliphatic imine (C=N–C) groups is 1. The number of guanidine groups is 1. The van der Waals surface area contributed by atoms with E-state index in [0.29, 0.717) is 17.6 Å². The van der Waals surface area contributed by atoms with Crippen LogP contribution >= 0.6 is 35.3 Å². The Morgan fingerprint density at radius 2 is 2.11 bits per heavy atom. The van der Waals surface area contributed by atoms with E-state index >= 15 is 0 Å². The fraction of sp³-hybridized carbons (Fsp3) is 0.300. The first-order valence-corrected chi connectivity index (χ1v) is 9.42. The van der Waals surface area contributed by atoms with Crippen LogP contribution in [-0.2, 0) is 4.79 Å². The molecule has 144 valence electrons. The number of terminal acetylenes is 1. The molecule has 3 N–H and O–H groups in total. The standard InChI is InChI=1S/C20H24N4OS.HI/c1-4-16-8-6-9-17(12-16)24-19(25)14-23-20(21-5-2)22-13-15(3)18-10-7-11-26-18;/h1,6-12,15H,5,13-14H2,2-3H3,(H,24,25)(H2,21,22,23);1H. The van der Waals surface area contributed by atoms with Gasteiger partial charge in [0, 0.05) is 35.1 Å². The molecule has 1 aromatic carbocycles. The molecule has 1 atom stereocenters. The topological polar surface area (TPSA) is 65.5 Å². The molecular weight excluding hydrogens is 471 g/mol. The number of hydrogen-bond acceptors (Lipinski definition) is 3. The summed E-state index contributed by atoms with van der Waals surface area (Å²) >= 11 is 1.74. The summed E-state index contributed by atoms with van der Waals surface area (Å²) in [6.45, 7) is 5.66. The Bertz CT molecular complexity index is 784. The molecule has 1 unspecified atom stereocenters. The third kappa shape index (κ3) is 8.01. The van der Waals surface area contributed by atoms with Gasteiger partial charge in [0.15, 0.2) is 5.96 Å². The molecule has 0 spiro atoms. The van der Waals surface area contributed by atoms with Crippen LogP contribution in [0.4, 0.5) is 5.69 Å². The lowest BCUT2D eigenvalue weighted by atomic mass is 10.1. The predicted molar refractivity (Wildman–Crippen MR) is 125 cm³/mol. The van der Waals surface area contributed by atoms with E-state index in [0.717, 1.165) is 18.7 Å². The molecular formula is C20H25IN4OS. The molecule has 0 fully saturated rings. The fourth-order valence-corrected chi connectivity index (χ4v) is 3.09. The van der Waals surface area contributed by atoms with Gasteiger partial charge in [0.1, 0.15) is 6.54 Å². The highest BCUT2D eigenvalue weighted by Gasteiger charge is 2.08. The Morgan fingerprint density at radius 1 is 1.30 bits per heavy atom. The Labute approximate surface area is 182 Å². The third-order valence-electron chi connectivity index (χ3n) is 3.64. The van der Waals surface area contributed by atoms with Gasteiger partial charge in [-0.05, 0) is 36.6 Å². The number of benzene rings is 1. The van der Waals surface area contributed by atoms with Crippen LogP contribution in [0.15, 0.2) is 46.8 Å². The molecule has 27 heavy (non-hydrogen) atoms. The van der Waals surface area contributed by atoms with Crippen molar-refractivity contribution in [3.63, 3.8) is 0 Å². The maximum absolute atomic E-state index is 12.1. The average Bonchev–Trinajstić information content (AvgIpc) is 3.18. The van der Waals surface area contributed by atoms with Crippen molar-refractivity contribution in [1.82, 2.24) is 10.6 Å². The van der Waals surface area contributed by atoms with Crippen LogP contribution in [0.3, 0.4) is 0 Å². The summed E-state index contributed by atoms with van der Waals surface area (Å²) in [5.41, 5.74) is 1.40. The number of halogens is 1. The zero-order valence-electron chi connectivity index (χ0n) is 15.5. The zero-order valence-corrected chi connectivity index (χ0v) is 18.6. The number of nitrogens with zero attached hydrogens (tertiary/aromatic N) is 1. The molecule has 2 rings (SSSR count). The summed E-state index contributed by atoms with van der Waals surface area (Å²) in [5, 5.41) is 11.3. The first-order chi connectivity index (χ1) is 12.6. The number of amides is 1. The Kier molecular flexibility index (Phi) is 10.5. The lowest BCUT2D eigenvalue weighted by Gasteiger charge is -2.15. The van der Waals surface area contributed by atoms with Crippen LogP contribution in [0.25, 0.3) is 0 Å². The molecule has 0 aliphatic carbocycles. The van der Waals surface area contributed by atoms with Gasteiger partial charge in [-0.25, -0.2) is 4.99 Å². The minimum Gasteiger partial charge on any atom is -0.357 e. The Morgan fingerprint density at radius 3 is 2.78 bits per heavy atom. The Hall–Kier alpha value is -2.05. The van der Waals surface area contributed by atoms with Crippen molar-refractivity contribution < 1.29 is 4.79 Å². The lowest BCUT2D eigenvalue weighted by molar-refractivity contribution is -0.114. The van der Waals surface area contributed by atoms with Crippen LogP contribution in [0.2, 0.25) is 0 Å². The first kappa shape index (κ1) is 23.0. The van der Waals surface area contributed by atoms with Crippen LogP contribution in [0, 0.1) is 12.3 Å². The maximum atomic E-state index is 12.1. The molecule has 0 saturated carbocycles. The predicted octanol–water partition coefficient (Wildman–Crippen LogP) is 3.64. The molecule has 1 aromatic heterocycles. The largest absolute Gasteiger partial charge is 0.357 e. The van der Waals surface area contributed by atoms with Gasteiger partial charge >= 0.3 is 0 Å². The van der Waals surface area contributed by atoms with E-state index < -0.39 is 0 Å². The SMILES string of the molecule is C#Cc1cccc(NC(=O)CN=C(NCC)NCC(C)c2cccs2)c1.I. The molecule has 5 nitrogen and oxygen atoms in total. The van der Waals surface area contributed by atoms with Crippen LogP contribution < -0.4 is 16.0 Å². The molecule has 0 aliphatic heterocycles. The van der Waals surface area contributed by atoms with E-state index in [4.69, 9.17) is 6.42 Å². The van der Waals surface area contributed by atoms with Gasteiger partial charge in [-0.15, -0.1) is 41.7 Å². The number of carbonyl (C=O) groups excluding carboxylic acids is 1. The van der Waals surface area contributed by atoms with Crippen LogP contribution in [0.1, 0.15) is 30.2 Å². The minimum atomic E-state index is -0.192. The van der Waals surface area contributed by atoms with E-state index in [1.54, 1.807) is 23.5 Å². The first-order valence-electron chi connectivity index (χ1n) is 8.54.